The second-order valence-electron chi connectivity index (χ2n) is 5.71. The minimum Gasteiger partial charge on any atom is -0.369 e. The number of hydrogen-bond donors (Lipinski definition) is 1. The molecule has 0 saturated carbocycles. The van der Waals surface area contributed by atoms with Gasteiger partial charge in [0.25, 0.3) is 0 Å². The van der Waals surface area contributed by atoms with E-state index in [0.29, 0.717) is 17.0 Å². The number of nitrogen functional groups attached to an aromatic ring is 1. The first-order chi connectivity index (χ1) is 7.78. The molecule has 1 aromatic carbocycles. The van der Waals surface area contributed by atoms with E-state index in [0.717, 1.165) is 12.1 Å². The molecule has 0 aliphatic carbocycles. The Labute approximate surface area is 100 Å². The molecule has 2 rings (SSSR count). The molecule has 0 bridgehead atoms. The highest BCUT2D eigenvalue weighted by Crippen LogP contribution is 2.25. The lowest BCUT2D eigenvalue weighted by molar-refractivity contribution is 0.351. The van der Waals surface area contributed by atoms with Crippen molar-refractivity contribution in [3.8, 4) is 0 Å². The van der Waals surface area contributed by atoms with Gasteiger partial charge in [-0.05, 0) is 24.0 Å². The van der Waals surface area contributed by atoms with Crippen molar-refractivity contribution < 1.29 is 4.39 Å². The number of anilines is 1. The molecule has 0 fully saturated rings. The van der Waals surface area contributed by atoms with Crippen molar-refractivity contribution in [1.82, 2.24) is 9.55 Å². The topological polar surface area (TPSA) is 43.8 Å². The number of aryl methyl sites for hydroxylation is 1. The molecule has 2 aromatic rings. The van der Waals surface area contributed by atoms with Gasteiger partial charge in [-0.1, -0.05) is 20.8 Å². The maximum Gasteiger partial charge on any atom is 0.201 e. The predicted octanol–water partition coefficient (Wildman–Crippen LogP) is 3.11. The van der Waals surface area contributed by atoms with E-state index in [1.165, 1.54) is 6.07 Å². The Morgan fingerprint density at radius 1 is 1.35 bits per heavy atom. The molecule has 0 aliphatic rings. The number of aromatic nitrogens is 2. The van der Waals surface area contributed by atoms with E-state index < -0.39 is 0 Å². The van der Waals surface area contributed by atoms with Crippen LogP contribution in [0.2, 0.25) is 0 Å². The summed E-state index contributed by atoms with van der Waals surface area (Å²) in [4.78, 5) is 4.20. The quantitative estimate of drug-likeness (QED) is 0.825. The fourth-order valence-corrected chi connectivity index (χ4v) is 1.91. The highest BCUT2D eigenvalue weighted by Gasteiger charge is 2.17. The van der Waals surface area contributed by atoms with Crippen molar-refractivity contribution in [1.29, 1.82) is 0 Å². The summed E-state index contributed by atoms with van der Waals surface area (Å²) in [5.74, 6) is 0.206. The van der Waals surface area contributed by atoms with Gasteiger partial charge in [-0.15, -0.1) is 0 Å². The van der Waals surface area contributed by atoms with Crippen LogP contribution in [-0.4, -0.2) is 9.55 Å². The Morgan fingerprint density at radius 2 is 2.00 bits per heavy atom. The molecule has 0 radical (unpaired) electrons. The minimum absolute atomic E-state index is 0.101. The molecule has 0 saturated heterocycles. The van der Waals surface area contributed by atoms with Gasteiger partial charge < -0.3 is 10.3 Å². The van der Waals surface area contributed by atoms with E-state index >= 15 is 0 Å². The third-order valence-electron chi connectivity index (χ3n) is 2.69. The number of benzene rings is 1. The van der Waals surface area contributed by atoms with Gasteiger partial charge in [0.1, 0.15) is 5.82 Å². The van der Waals surface area contributed by atoms with Crippen LogP contribution < -0.4 is 5.73 Å². The Kier molecular flexibility index (Phi) is 2.60. The SMILES string of the molecule is Cc1cc2c(cc1F)nc(N)n2CC(C)(C)C. The lowest BCUT2D eigenvalue weighted by Crippen LogP contribution is -2.17. The largest absolute Gasteiger partial charge is 0.369 e. The van der Waals surface area contributed by atoms with Crippen LogP contribution in [0.1, 0.15) is 26.3 Å². The summed E-state index contributed by atoms with van der Waals surface area (Å²) in [5.41, 5.74) is 8.13. The number of nitrogens with two attached hydrogens (primary N) is 1. The van der Waals surface area contributed by atoms with Gasteiger partial charge in [-0.25, -0.2) is 9.37 Å². The fourth-order valence-electron chi connectivity index (χ4n) is 1.91. The van der Waals surface area contributed by atoms with Gasteiger partial charge in [-0.3, -0.25) is 0 Å². The Bertz CT molecular complexity index is 564. The molecule has 1 aromatic heterocycles. The number of fused-ring (bicyclic) bond motifs is 1. The van der Waals surface area contributed by atoms with Crippen LogP contribution >= 0.6 is 0 Å². The van der Waals surface area contributed by atoms with Crippen molar-refractivity contribution in [2.75, 3.05) is 5.73 Å². The smallest absolute Gasteiger partial charge is 0.201 e. The van der Waals surface area contributed by atoms with Gasteiger partial charge in [0.05, 0.1) is 11.0 Å². The van der Waals surface area contributed by atoms with Crippen molar-refractivity contribution in [2.45, 2.75) is 34.2 Å². The summed E-state index contributed by atoms with van der Waals surface area (Å²) in [6.45, 7) is 8.91. The molecule has 17 heavy (non-hydrogen) atoms. The molecule has 4 heteroatoms. The third kappa shape index (κ3) is 2.25. The highest BCUT2D eigenvalue weighted by atomic mass is 19.1. The first-order valence-electron chi connectivity index (χ1n) is 5.70. The second kappa shape index (κ2) is 3.72. The van der Waals surface area contributed by atoms with E-state index in [1.807, 2.05) is 4.57 Å². The summed E-state index contributed by atoms with van der Waals surface area (Å²) < 4.78 is 15.4. The van der Waals surface area contributed by atoms with Crippen LogP contribution in [0.15, 0.2) is 12.1 Å². The Hall–Kier alpha value is -1.58. The lowest BCUT2D eigenvalue weighted by Gasteiger charge is -2.20. The van der Waals surface area contributed by atoms with Gasteiger partial charge in [0, 0.05) is 12.6 Å². The second-order valence-corrected chi connectivity index (χ2v) is 5.71. The van der Waals surface area contributed by atoms with Gasteiger partial charge >= 0.3 is 0 Å². The van der Waals surface area contributed by atoms with Crippen molar-refractivity contribution in [2.24, 2.45) is 5.41 Å². The predicted molar refractivity (Wildman–Crippen MR) is 68.3 cm³/mol. The van der Waals surface area contributed by atoms with Crippen LogP contribution in [0, 0.1) is 18.2 Å². The number of nitrogens with zero attached hydrogens (tertiary/aromatic N) is 2. The van der Waals surface area contributed by atoms with Crippen LogP contribution in [0.4, 0.5) is 10.3 Å². The zero-order valence-corrected chi connectivity index (χ0v) is 10.7. The summed E-state index contributed by atoms with van der Waals surface area (Å²) in [7, 11) is 0. The molecule has 3 nitrogen and oxygen atoms in total. The summed E-state index contributed by atoms with van der Waals surface area (Å²) >= 11 is 0. The lowest BCUT2D eigenvalue weighted by atomic mass is 9.97. The average molecular weight is 235 g/mol. The number of halogens is 1. The zero-order chi connectivity index (χ0) is 12.8. The zero-order valence-electron chi connectivity index (χ0n) is 10.7. The minimum atomic E-state index is -0.238. The molecule has 0 amide bonds. The number of imidazole rings is 1. The molecular formula is C13H18FN3. The average Bonchev–Trinajstić information content (AvgIpc) is 2.43. The van der Waals surface area contributed by atoms with E-state index in [9.17, 15) is 4.39 Å². The maximum atomic E-state index is 13.4. The van der Waals surface area contributed by atoms with Gasteiger partial charge in [0.15, 0.2) is 0 Å². The van der Waals surface area contributed by atoms with Crippen molar-refractivity contribution >= 4 is 17.0 Å². The first-order valence-corrected chi connectivity index (χ1v) is 5.70. The molecule has 0 unspecified atom stereocenters. The molecule has 0 spiro atoms. The number of hydrogen-bond acceptors (Lipinski definition) is 2. The molecule has 92 valence electrons. The first kappa shape index (κ1) is 11.9. The normalized spacial score (nSPS) is 12.3. The van der Waals surface area contributed by atoms with Crippen molar-refractivity contribution in [3.63, 3.8) is 0 Å². The van der Waals surface area contributed by atoms with Gasteiger partial charge in [0.2, 0.25) is 5.95 Å². The van der Waals surface area contributed by atoms with Gasteiger partial charge in [-0.2, -0.15) is 0 Å². The van der Waals surface area contributed by atoms with Crippen LogP contribution in [-0.2, 0) is 6.54 Å². The maximum absolute atomic E-state index is 13.4. The molecular weight excluding hydrogens is 217 g/mol. The van der Waals surface area contributed by atoms with E-state index in [2.05, 4.69) is 25.8 Å². The fraction of sp³-hybridized carbons (Fsp3) is 0.462. The summed E-state index contributed by atoms with van der Waals surface area (Å²) in [6.07, 6.45) is 0. The van der Waals surface area contributed by atoms with Crippen molar-refractivity contribution in [3.05, 3.63) is 23.5 Å². The highest BCUT2D eigenvalue weighted by molar-refractivity contribution is 5.79. The summed E-state index contributed by atoms with van der Waals surface area (Å²) in [5, 5.41) is 0. The molecule has 0 aliphatic heterocycles. The van der Waals surface area contributed by atoms with E-state index in [1.54, 1.807) is 13.0 Å². The van der Waals surface area contributed by atoms with Crippen LogP contribution in [0.5, 0.6) is 0 Å². The molecule has 2 N–H and O–H groups in total. The monoisotopic (exact) mass is 235 g/mol. The third-order valence-corrected chi connectivity index (χ3v) is 2.69. The molecule has 1 heterocycles. The Balaban J connectivity index is 2.63. The van der Waals surface area contributed by atoms with E-state index in [4.69, 9.17) is 5.73 Å². The van der Waals surface area contributed by atoms with Crippen LogP contribution in [0.3, 0.4) is 0 Å². The van der Waals surface area contributed by atoms with E-state index in [-0.39, 0.29) is 11.2 Å². The standard InChI is InChI=1S/C13H18FN3/c1-8-5-11-10(6-9(8)14)16-12(15)17(11)7-13(2,3)4/h5-6H,7H2,1-4H3,(H2,15,16). The van der Waals surface area contributed by atoms with Crippen LogP contribution in [0.25, 0.3) is 11.0 Å². The summed E-state index contributed by atoms with van der Waals surface area (Å²) in [6, 6.07) is 3.25. The number of rotatable bonds is 1. The Morgan fingerprint density at radius 3 is 2.59 bits per heavy atom. The molecule has 0 atom stereocenters.